The number of allylic oxidation sites excluding steroid dienone is 1. The van der Waals surface area contributed by atoms with E-state index in [9.17, 15) is 9.59 Å². The van der Waals surface area contributed by atoms with Crippen molar-refractivity contribution in [3.63, 3.8) is 0 Å². The summed E-state index contributed by atoms with van der Waals surface area (Å²) >= 11 is 0. The molecule has 3 aromatic carbocycles. The van der Waals surface area contributed by atoms with Crippen molar-refractivity contribution < 1.29 is 14.3 Å². The molecule has 4 heteroatoms. The van der Waals surface area contributed by atoms with Crippen LogP contribution in [0.1, 0.15) is 59.5 Å². The lowest BCUT2D eigenvalue weighted by molar-refractivity contribution is -0.124. The van der Waals surface area contributed by atoms with Crippen LogP contribution in [0.15, 0.2) is 97.1 Å². The zero-order valence-electron chi connectivity index (χ0n) is 21.2. The first-order chi connectivity index (χ1) is 18.2. The summed E-state index contributed by atoms with van der Waals surface area (Å²) in [7, 11) is 0. The second kappa shape index (κ2) is 12.2. The second-order valence-electron chi connectivity index (χ2n) is 10.2. The Hall–Kier alpha value is -3.50. The molecular formula is C33H35NO3. The molecule has 2 fully saturated rings. The highest BCUT2D eigenvalue weighted by Crippen LogP contribution is 2.39. The number of carbonyl (C=O) groups is 2. The van der Waals surface area contributed by atoms with Gasteiger partial charge in [0.2, 0.25) is 0 Å². The molecule has 0 bridgehead atoms. The van der Waals surface area contributed by atoms with Crippen molar-refractivity contribution in [1.29, 1.82) is 0 Å². The van der Waals surface area contributed by atoms with E-state index in [0.29, 0.717) is 24.7 Å². The second-order valence-corrected chi connectivity index (χ2v) is 10.2. The van der Waals surface area contributed by atoms with E-state index < -0.39 is 6.10 Å². The zero-order chi connectivity index (χ0) is 25.5. The average Bonchev–Trinajstić information content (AvgIpc) is 2.97. The fraction of sp³-hybridized carbons (Fsp3) is 0.333. The topological polar surface area (TPSA) is 46.6 Å². The summed E-state index contributed by atoms with van der Waals surface area (Å²) in [5.41, 5.74) is 2.58. The number of ketones is 1. The van der Waals surface area contributed by atoms with Crippen LogP contribution in [0, 0.1) is 5.92 Å². The van der Waals surface area contributed by atoms with Gasteiger partial charge in [-0.1, -0.05) is 104 Å². The summed E-state index contributed by atoms with van der Waals surface area (Å²) in [4.78, 5) is 29.5. The molecule has 190 valence electrons. The van der Waals surface area contributed by atoms with E-state index in [1.165, 1.54) is 19.3 Å². The van der Waals surface area contributed by atoms with Crippen molar-refractivity contribution in [2.45, 2.75) is 50.2 Å². The van der Waals surface area contributed by atoms with Crippen LogP contribution >= 0.6 is 0 Å². The molecule has 0 amide bonds. The van der Waals surface area contributed by atoms with Crippen LogP contribution in [0.25, 0.3) is 6.08 Å². The predicted molar refractivity (Wildman–Crippen MR) is 147 cm³/mol. The third-order valence-corrected chi connectivity index (χ3v) is 7.83. The third kappa shape index (κ3) is 6.26. The Morgan fingerprint density at radius 3 is 2.05 bits per heavy atom. The average molecular weight is 494 g/mol. The van der Waals surface area contributed by atoms with Crippen LogP contribution in [0.2, 0.25) is 0 Å². The molecule has 1 aliphatic heterocycles. The molecule has 0 radical (unpaired) electrons. The largest absolute Gasteiger partial charge is 0.457 e. The molecule has 1 saturated heterocycles. The van der Waals surface area contributed by atoms with Gasteiger partial charge in [0.05, 0.1) is 5.56 Å². The normalized spacial score (nSPS) is 23.1. The number of piperidine rings is 1. The Labute approximate surface area is 220 Å². The molecular weight excluding hydrogens is 458 g/mol. The number of hydrogen-bond donors (Lipinski definition) is 0. The first-order valence-electron chi connectivity index (χ1n) is 13.5. The maximum absolute atomic E-state index is 13.8. The number of rotatable bonds is 7. The van der Waals surface area contributed by atoms with E-state index in [-0.39, 0.29) is 23.6 Å². The summed E-state index contributed by atoms with van der Waals surface area (Å²) in [6.45, 7) is 1.33. The SMILES string of the molecule is O=C(O[C@H]1CN(C2CCCCC2)C[C@@H](C(=O)/C=C/c2ccccc2)[C@@H]1c1ccccc1)c1ccccc1. The van der Waals surface area contributed by atoms with Gasteiger partial charge < -0.3 is 4.74 Å². The number of hydrogen-bond acceptors (Lipinski definition) is 4. The smallest absolute Gasteiger partial charge is 0.338 e. The minimum absolute atomic E-state index is 0.0824. The van der Waals surface area contributed by atoms with E-state index in [0.717, 1.165) is 24.0 Å². The minimum Gasteiger partial charge on any atom is -0.457 e. The number of carbonyl (C=O) groups excluding carboxylic acids is 2. The number of benzene rings is 3. The number of nitrogens with zero attached hydrogens (tertiary/aromatic N) is 1. The van der Waals surface area contributed by atoms with E-state index in [4.69, 9.17) is 4.74 Å². The highest BCUT2D eigenvalue weighted by Gasteiger charge is 2.44. The van der Waals surface area contributed by atoms with Gasteiger partial charge in [-0.2, -0.15) is 0 Å². The van der Waals surface area contributed by atoms with E-state index in [2.05, 4.69) is 17.0 Å². The lowest BCUT2D eigenvalue weighted by Gasteiger charge is -2.46. The highest BCUT2D eigenvalue weighted by molar-refractivity contribution is 5.96. The summed E-state index contributed by atoms with van der Waals surface area (Å²) in [6, 6.07) is 29.6. The zero-order valence-corrected chi connectivity index (χ0v) is 21.2. The summed E-state index contributed by atoms with van der Waals surface area (Å²) in [5.74, 6) is -0.754. The molecule has 4 nitrogen and oxygen atoms in total. The molecule has 3 atom stereocenters. The maximum Gasteiger partial charge on any atom is 0.338 e. The number of esters is 1. The van der Waals surface area contributed by atoms with Crippen LogP contribution in [-0.4, -0.2) is 41.9 Å². The molecule has 3 aromatic rings. The van der Waals surface area contributed by atoms with Gasteiger partial charge in [0.15, 0.2) is 5.78 Å². The van der Waals surface area contributed by atoms with Crippen molar-refractivity contribution in [2.75, 3.05) is 13.1 Å². The Balaban J connectivity index is 1.48. The van der Waals surface area contributed by atoms with Crippen molar-refractivity contribution in [3.8, 4) is 0 Å². The molecule has 1 heterocycles. The first kappa shape index (κ1) is 25.2. The van der Waals surface area contributed by atoms with E-state index in [1.807, 2.05) is 72.8 Å². The molecule has 5 rings (SSSR count). The highest BCUT2D eigenvalue weighted by atomic mass is 16.5. The molecule has 0 unspecified atom stereocenters. The Morgan fingerprint density at radius 1 is 0.757 bits per heavy atom. The number of likely N-dealkylation sites (tertiary alicyclic amines) is 1. The third-order valence-electron chi connectivity index (χ3n) is 7.83. The molecule has 37 heavy (non-hydrogen) atoms. The lowest BCUT2D eigenvalue weighted by atomic mass is 9.75. The Bertz CT molecular complexity index is 1190. The van der Waals surface area contributed by atoms with Crippen LogP contribution in [0.3, 0.4) is 0 Å². The minimum atomic E-state index is -0.412. The van der Waals surface area contributed by atoms with Crippen LogP contribution in [0.5, 0.6) is 0 Å². The van der Waals surface area contributed by atoms with Gasteiger partial charge in [-0.05, 0) is 42.2 Å². The molecule has 1 aliphatic carbocycles. The van der Waals surface area contributed by atoms with Crippen molar-refractivity contribution in [1.82, 2.24) is 4.90 Å². The standard InChI is InChI=1S/C33H35NO3/c35-30(22-21-25-13-5-1-6-14-25)29-23-34(28-19-11-4-12-20-28)24-31(32(29)26-15-7-2-8-16-26)37-33(36)27-17-9-3-10-18-27/h1-3,5-10,13-18,21-22,28-29,31-32H,4,11-12,19-20,23-24H2/b22-21+/t29-,31-,32-/m0/s1. The van der Waals surface area contributed by atoms with Gasteiger partial charge in [0, 0.05) is 31.0 Å². The monoisotopic (exact) mass is 493 g/mol. The summed E-state index contributed by atoms with van der Waals surface area (Å²) < 4.78 is 6.25. The molecule has 0 spiro atoms. The maximum atomic E-state index is 13.8. The predicted octanol–water partition coefficient (Wildman–Crippen LogP) is 6.54. The fourth-order valence-electron chi connectivity index (χ4n) is 5.93. The van der Waals surface area contributed by atoms with Gasteiger partial charge in [-0.15, -0.1) is 0 Å². The molecule has 0 aromatic heterocycles. The molecule has 2 aliphatic rings. The van der Waals surface area contributed by atoms with Crippen LogP contribution in [0.4, 0.5) is 0 Å². The Kier molecular flexibility index (Phi) is 8.27. The van der Waals surface area contributed by atoms with Crippen molar-refractivity contribution in [2.24, 2.45) is 5.92 Å². The first-order valence-corrected chi connectivity index (χ1v) is 13.5. The van der Waals surface area contributed by atoms with E-state index in [1.54, 1.807) is 18.2 Å². The van der Waals surface area contributed by atoms with E-state index >= 15 is 0 Å². The van der Waals surface area contributed by atoms with Crippen molar-refractivity contribution >= 4 is 17.8 Å². The fourth-order valence-corrected chi connectivity index (χ4v) is 5.93. The van der Waals surface area contributed by atoms with Gasteiger partial charge >= 0.3 is 5.97 Å². The van der Waals surface area contributed by atoms with Gasteiger partial charge in [-0.25, -0.2) is 4.79 Å². The molecule has 0 N–H and O–H groups in total. The quantitative estimate of drug-likeness (QED) is 0.277. The van der Waals surface area contributed by atoms with Gasteiger partial charge in [0.25, 0.3) is 0 Å². The van der Waals surface area contributed by atoms with Gasteiger partial charge in [-0.3, -0.25) is 9.69 Å². The summed E-state index contributed by atoms with van der Waals surface area (Å²) in [5, 5.41) is 0. The van der Waals surface area contributed by atoms with Crippen LogP contribution in [-0.2, 0) is 9.53 Å². The summed E-state index contributed by atoms with van der Waals surface area (Å²) in [6.07, 6.45) is 9.17. The number of ether oxygens (including phenoxy) is 1. The molecule has 1 saturated carbocycles. The van der Waals surface area contributed by atoms with Crippen molar-refractivity contribution in [3.05, 3.63) is 114 Å². The lowest BCUT2D eigenvalue weighted by Crippen LogP contribution is -2.55. The van der Waals surface area contributed by atoms with Gasteiger partial charge in [0.1, 0.15) is 6.10 Å². The van der Waals surface area contributed by atoms with Crippen LogP contribution < -0.4 is 0 Å². The Morgan fingerprint density at radius 2 is 1.38 bits per heavy atom.